The normalized spacial score (nSPS) is 17.1. The number of allylic oxidation sites excluding steroid dienone is 1. The van der Waals surface area contributed by atoms with Crippen LogP contribution in [0.1, 0.15) is 32.6 Å². The molecule has 1 fully saturated rings. The molecule has 0 bridgehead atoms. The molecule has 84 valence electrons. The highest BCUT2D eigenvalue weighted by molar-refractivity contribution is 5.91. The highest BCUT2D eigenvalue weighted by atomic mass is 16.2. The van der Waals surface area contributed by atoms with E-state index in [-0.39, 0.29) is 18.5 Å². The zero-order chi connectivity index (χ0) is 11.3. The van der Waals surface area contributed by atoms with Gasteiger partial charge in [0.15, 0.2) is 0 Å². The first kappa shape index (κ1) is 11.8. The summed E-state index contributed by atoms with van der Waals surface area (Å²) >= 11 is 0. The molecule has 1 saturated carbocycles. The van der Waals surface area contributed by atoms with Crippen LogP contribution in [0.15, 0.2) is 12.2 Å². The molecule has 1 aliphatic carbocycles. The molecule has 0 aromatic heterocycles. The second kappa shape index (κ2) is 5.53. The first-order valence-corrected chi connectivity index (χ1v) is 5.36. The third-order valence-corrected chi connectivity index (χ3v) is 2.68. The van der Waals surface area contributed by atoms with E-state index in [1.165, 1.54) is 6.08 Å². The molecule has 1 rings (SSSR count). The predicted molar refractivity (Wildman–Crippen MR) is 58.0 cm³/mol. The Morgan fingerprint density at radius 2 is 2.00 bits per heavy atom. The highest BCUT2D eigenvalue weighted by Gasteiger charge is 2.26. The van der Waals surface area contributed by atoms with E-state index in [4.69, 9.17) is 5.73 Å². The highest BCUT2D eigenvalue weighted by Crippen LogP contribution is 2.23. The van der Waals surface area contributed by atoms with Crippen molar-refractivity contribution in [3.8, 4) is 0 Å². The topological polar surface area (TPSA) is 63.4 Å². The smallest absolute Gasteiger partial charge is 0.246 e. The van der Waals surface area contributed by atoms with Crippen molar-refractivity contribution >= 4 is 11.8 Å². The summed E-state index contributed by atoms with van der Waals surface area (Å²) in [5.74, 6) is -0.553. The lowest BCUT2D eigenvalue weighted by Crippen LogP contribution is -2.43. The van der Waals surface area contributed by atoms with E-state index < -0.39 is 5.91 Å². The molecular formula is C11H18N2O2. The molecule has 0 saturated heterocycles. The minimum absolute atomic E-state index is 0.0356. The van der Waals surface area contributed by atoms with Gasteiger partial charge in [0.1, 0.15) is 0 Å². The second-order valence-corrected chi connectivity index (χ2v) is 3.87. The van der Waals surface area contributed by atoms with Crippen LogP contribution in [0.4, 0.5) is 0 Å². The molecule has 0 atom stereocenters. The Morgan fingerprint density at radius 1 is 1.40 bits per heavy atom. The summed E-state index contributed by atoms with van der Waals surface area (Å²) in [7, 11) is 0. The maximum absolute atomic E-state index is 11.7. The first-order valence-electron chi connectivity index (χ1n) is 5.36. The number of carbonyl (C=O) groups is 2. The summed E-state index contributed by atoms with van der Waals surface area (Å²) in [4.78, 5) is 24.2. The van der Waals surface area contributed by atoms with Crippen LogP contribution in [0.3, 0.4) is 0 Å². The van der Waals surface area contributed by atoms with Gasteiger partial charge in [0.2, 0.25) is 11.8 Å². The fraction of sp³-hybridized carbons (Fsp3) is 0.636. The van der Waals surface area contributed by atoms with E-state index in [2.05, 4.69) is 0 Å². The molecule has 0 spiro atoms. The van der Waals surface area contributed by atoms with E-state index in [1.54, 1.807) is 17.9 Å². The van der Waals surface area contributed by atoms with E-state index >= 15 is 0 Å². The van der Waals surface area contributed by atoms with Crippen molar-refractivity contribution in [2.75, 3.05) is 6.54 Å². The average molecular weight is 210 g/mol. The van der Waals surface area contributed by atoms with Crippen molar-refractivity contribution in [2.24, 2.45) is 5.73 Å². The molecule has 4 heteroatoms. The number of hydrogen-bond donors (Lipinski definition) is 1. The van der Waals surface area contributed by atoms with Crippen molar-refractivity contribution < 1.29 is 9.59 Å². The minimum Gasteiger partial charge on any atom is -0.368 e. The Kier molecular flexibility index (Phi) is 4.34. The molecule has 2 amide bonds. The summed E-state index contributed by atoms with van der Waals surface area (Å²) in [6.07, 6.45) is 7.39. The number of rotatable bonds is 4. The average Bonchev–Trinajstić information content (AvgIpc) is 2.66. The SMILES string of the molecule is CC=CC(=O)N(CC(N)=O)C1CCCC1. The number of amides is 2. The number of nitrogens with two attached hydrogens (primary N) is 1. The van der Waals surface area contributed by atoms with Crippen LogP contribution < -0.4 is 5.73 Å². The van der Waals surface area contributed by atoms with Crippen LogP contribution in [-0.4, -0.2) is 29.3 Å². The van der Waals surface area contributed by atoms with E-state index in [0.717, 1.165) is 25.7 Å². The quantitative estimate of drug-likeness (QED) is 0.698. The fourth-order valence-corrected chi connectivity index (χ4v) is 2.01. The Balaban J connectivity index is 2.67. The maximum Gasteiger partial charge on any atom is 0.246 e. The molecule has 4 nitrogen and oxygen atoms in total. The van der Waals surface area contributed by atoms with Gasteiger partial charge in [-0.15, -0.1) is 0 Å². The van der Waals surface area contributed by atoms with Gasteiger partial charge in [-0.2, -0.15) is 0 Å². The van der Waals surface area contributed by atoms with Crippen molar-refractivity contribution in [1.82, 2.24) is 4.90 Å². The van der Waals surface area contributed by atoms with Gasteiger partial charge in [0.05, 0.1) is 6.54 Å². The van der Waals surface area contributed by atoms with Gasteiger partial charge in [-0.1, -0.05) is 18.9 Å². The zero-order valence-corrected chi connectivity index (χ0v) is 9.11. The molecule has 15 heavy (non-hydrogen) atoms. The van der Waals surface area contributed by atoms with E-state index in [0.29, 0.717) is 0 Å². The molecule has 0 aromatic rings. The summed E-state index contributed by atoms with van der Waals surface area (Å²) in [6, 6.07) is 0.196. The van der Waals surface area contributed by atoms with E-state index in [1.807, 2.05) is 0 Å². The van der Waals surface area contributed by atoms with Crippen molar-refractivity contribution in [3.05, 3.63) is 12.2 Å². The van der Waals surface area contributed by atoms with Crippen LogP contribution >= 0.6 is 0 Å². The maximum atomic E-state index is 11.7. The minimum atomic E-state index is -0.445. The summed E-state index contributed by atoms with van der Waals surface area (Å²) in [5, 5.41) is 0. The van der Waals surface area contributed by atoms with Gasteiger partial charge in [-0.05, 0) is 25.8 Å². The van der Waals surface area contributed by atoms with Crippen molar-refractivity contribution in [2.45, 2.75) is 38.6 Å². The summed E-state index contributed by atoms with van der Waals surface area (Å²) < 4.78 is 0. The van der Waals surface area contributed by atoms with E-state index in [9.17, 15) is 9.59 Å². The van der Waals surface area contributed by atoms with Crippen molar-refractivity contribution in [1.29, 1.82) is 0 Å². The number of nitrogens with zero attached hydrogens (tertiary/aromatic N) is 1. The van der Waals surface area contributed by atoms with Crippen LogP contribution in [0.25, 0.3) is 0 Å². The summed E-state index contributed by atoms with van der Waals surface area (Å²) in [6.45, 7) is 1.82. The molecule has 0 aromatic carbocycles. The first-order chi connectivity index (χ1) is 7.15. The number of primary amides is 1. The molecule has 1 aliphatic rings. The zero-order valence-electron chi connectivity index (χ0n) is 9.11. The van der Waals surface area contributed by atoms with Crippen molar-refractivity contribution in [3.63, 3.8) is 0 Å². The van der Waals surface area contributed by atoms with Crippen LogP contribution in [0.2, 0.25) is 0 Å². The van der Waals surface area contributed by atoms with Gasteiger partial charge >= 0.3 is 0 Å². The van der Waals surface area contributed by atoms with Gasteiger partial charge < -0.3 is 10.6 Å². The lowest BCUT2D eigenvalue weighted by Gasteiger charge is -2.26. The molecule has 0 heterocycles. The largest absolute Gasteiger partial charge is 0.368 e. The van der Waals surface area contributed by atoms with Gasteiger partial charge in [-0.3, -0.25) is 9.59 Å². The Morgan fingerprint density at radius 3 is 2.47 bits per heavy atom. The molecule has 0 aliphatic heterocycles. The third kappa shape index (κ3) is 3.38. The lowest BCUT2D eigenvalue weighted by molar-refractivity contribution is -0.133. The van der Waals surface area contributed by atoms with Crippen LogP contribution in [0, 0.1) is 0 Å². The second-order valence-electron chi connectivity index (χ2n) is 3.87. The Bertz CT molecular complexity index is 268. The summed E-state index contributed by atoms with van der Waals surface area (Å²) in [5.41, 5.74) is 5.14. The van der Waals surface area contributed by atoms with Crippen LogP contribution in [-0.2, 0) is 9.59 Å². The molecular weight excluding hydrogens is 192 g/mol. The molecule has 0 radical (unpaired) electrons. The van der Waals surface area contributed by atoms with Crippen LogP contribution in [0.5, 0.6) is 0 Å². The monoisotopic (exact) mass is 210 g/mol. The lowest BCUT2D eigenvalue weighted by atomic mass is 10.2. The van der Waals surface area contributed by atoms with Gasteiger partial charge in [0, 0.05) is 6.04 Å². The molecule has 0 unspecified atom stereocenters. The van der Waals surface area contributed by atoms with Gasteiger partial charge in [-0.25, -0.2) is 0 Å². The Labute approximate surface area is 90.1 Å². The number of carbonyl (C=O) groups excluding carboxylic acids is 2. The van der Waals surface area contributed by atoms with Gasteiger partial charge in [0.25, 0.3) is 0 Å². The Hall–Kier alpha value is -1.32. The molecule has 2 N–H and O–H groups in total. The number of hydrogen-bond acceptors (Lipinski definition) is 2. The predicted octanol–water partition coefficient (Wildman–Crippen LogP) is 0.819. The fourth-order valence-electron chi connectivity index (χ4n) is 2.01. The third-order valence-electron chi connectivity index (χ3n) is 2.68. The standard InChI is InChI=1S/C11H18N2O2/c1-2-5-11(15)13(8-10(12)14)9-6-3-4-7-9/h2,5,9H,3-4,6-8H2,1H3,(H2,12,14).